The molecule has 0 nitrogen and oxygen atoms in total. The fourth-order valence-corrected chi connectivity index (χ4v) is 5.72. The summed E-state index contributed by atoms with van der Waals surface area (Å²) in [7, 11) is 0. The molecule has 0 aromatic heterocycles. The summed E-state index contributed by atoms with van der Waals surface area (Å²) in [6, 6.07) is 37.9. The van der Waals surface area contributed by atoms with Gasteiger partial charge in [0.1, 0.15) is 0 Å². The molecule has 0 atom stereocenters. The van der Waals surface area contributed by atoms with Crippen LogP contribution < -0.4 is 0 Å². The molecule has 6 aromatic rings. The van der Waals surface area contributed by atoms with Crippen LogP contribution in [0.2, 0.25) is 0 Å². The van der Waals surface area contributed by atoms with Gasteiger partial charge in [-0.05, 0) is 41.9 Å². The van der Waals surface area contributed by atoms with Gasteiger partial charge in [-0.15, -0.1) is 87.8 Å². The Morgan fingerprint density at radius 1 is 0.652 bits per heavy atom. The Balaban J connectivity index is 0.000000782. The van der Waals surface area contributed by atoms with Crippen molar-refractivity contribution in [3.8, 4) is 22.3 Å². The number of hydrogen-bond donors (Lipinski definition) is 0. The Hall–Kier alpha value is -2.22. The molecule has 0 aliphatic rings. The van der Waals surface area contributed by atoms with Crippen LogP contribution in [0.3, 0.4) is 0 Å². The van der Waals surface area contributed by atoms with Crippen molar-refractivity contribution in [1.82, 2.24) is 0 Å². The van der Waals surface area contributed by atoms with Crippen LogP contribution in [0.1, 0.15) is 68.4 Å². The van der Waals surface area contributed by atoms with E-state index in [1.165, 1.54) is 95.0 Å². The molecule has 0 fully saturated rings. The predicted octanol–water partition coefficient (Wildman–Crippen LogP) is 13.2. The first-order chi connectivity index (χ1) is 20.0. The summed E-state index contributed by atoms with van der Waals surface area (Å²) in [5.41, 5.74) is 12.5. The number of halogens is 2. The average Bonchev–Trinajstić information content (AvgIpc) is 3.58. The normalized spacial score (nSPS) is 10.3. The van der Waals surface area contributed by atoms with Crippen molar-refractivity contribution in [2.75, 3.05) is 0 Å². The van der Waals surface area contributed by atoms with Gasteiger partial charge in [-0.25, -0.2) is 0 Å². The molecule has 2 radical (unpaired) electrons. The van der Waals surface area contributed by atoms with Crippen molar-refractivity contribution in [2.45, 2.75) is 66.7 Å². The summed E-state index contributed by atoms with van der Waals surface area (Å²) in [6.07, 6.45) is 0. The molecule has 0 unspecified atom stereocenters. The number of fused-ring (bicyclic) bond motifs is 2. The van der Waals surface area contributed by atoms with Crippen LogP contribution >= 0.6 is 24.8 Å². The molecule has 0 N–H and O–H groups in total. The summed E-state index contributed by atoms with van der Waals surface area (Å²) in [5.74, 6) is 0.573. The topological polar surface area (TPSA) is 0 Å². The van der Waals surface area contributed by atoms with Gasteiger partial charge in [0.25, 0.3) is 0 Å². The Morgan fingerprint density at radius 2 is 1.26 bits per heavy atom. The first-order valence-corrected chi connectivity index (χ1v) is 19.0. The summed E-state index contributed by atoms with van der Waals surface area (Å²) >= 11 is 1.36. The van der Waals surface area contributed by atoms with Crippen LogP contribution in [-0.4, -0.2) is 6.88 Å². The monoisotopic (exact) mass is 742 g/mol. The standard InChI is InChI=1S/C22H25.C18H17.2CH3.2ClH.Si.Zr/c1-15(2)18-13-17-7-6-8-20(21(17)14-18)16-9-11-19(12-10-16)22(3,4)5;1-12-9-16-11-13(2)14(3)18(17(16)10-12)15-7-5-4-6-8-15;;;;;;/h6-15H,1-5H3;4-11H,1-3H3;2*1H3;2*1H;;/q4*-1;;;;. The van der Waals surface area contributed by atoms with Crippen LogP contribution in [-0.2, 0) is 28.8 Å². The van der Waals surface area contributed by atoms with E-state index in [1.807, 2.05) is 0 Å². The van der Waals surface area contributed by atoms with Gasteiger partial charge in [-0.1, -0.05) is 124 Å². The maximum atomic E-state index is 3.06. The van der Waals surface area contributed by atoms with Crippen molar-refractivity contribution >= 4 is 53.2 Å². The third kappa shape index (κ3) is 9.90. The summed E-state index contributed by atoms with van der Waals surface area (Å²) in [4.78, 5) is 0. The first kappa shape index (κ1) is 43.8. The van der Waals surface area contributed by atoms with Gasteiger partial charge in [0.15, 0.2) is 0 Å². The summed E-state index contributed by atoms with van der Waals surface area (Å²) in [6.45, 7) is 20.9. The van der Waals surface area contributed by atoms with E-state index in [0.29, 0.717) is 5.92 Å². The van der Waals surface area contributed by atoms with E-state index in [-0.39, 0.29) is 45.1 Å². The van der Waals surface area contributed by atoms with Gasteiger partial charge in [-0.2, -0.15) is 12.1 Å². The van der Waals surface area contributed by atoms with E-state index in [2.05, 4.69) is 165 Å². The Morgan fingerprint density at radius 3 is 1.83 bits per heavy atom. The molecular weight excluding hydrogens is 695 g/mol. The zero-order valence-electron chi connectivity index (χ0n) is 29.2. The first-order valence-electron chi connectivity index (χ1n) is 14.8. The maximum absolute atomic E-state index is 3.06. The molecule has 0 saturated carbocycles. The second-order valence-electron chi connectivity index (χ2n) is 12.7. The van der Waals surface area contributed by atoms with Crippen LogP contribution in [0.4, 0.5) is 0 Å². The van der Waals surface area contributed by atoms with Crippen LogP contribution in [0.15, 0.2) is 103 Å². The molecule has 6 aromatic carbocycles. The van der Waals surface area contributed by atoms with Crippen LogP contribution in [0, 0.1) is 35.6 Å². The fraction of sp³-hybridized carbons (Fsp3) is 0.238. The molecule has 0 saturated heterocycles. The van der Waals surface area contributed by atoms with Crippen molar-refractivity contribution in [3.05, 3.63) is 146 Å². The van der Waals surface area contributed by atoms with E-state index in [4.69, 9.17) is 0 Å². The van der Waals surface area contributed by atoms with E-state index in [9.17, 15) is 0 Å². The second-order valence-corrected chi connectivity index (χ2v) is 12.7. The van der Waals surface area contributed by atoms with Gasteiger partial charge in [-0.3, -0.25) is 0 Å². The Labute approximate surface area is 309 Å². The molecule has 0 aliphatic carbocycles. The quantitative estimate of drug-likeness (QED) is 0.125. The number of aryl methyl sites for hydroxylation is 2. The SMILES string of the molecule is CC(C)c1cc2c(-c3ccc(C(C)(C)C)cc3)cccc2[cH-]1.Cc1cc2c(-c3ccccc3)c(C)c(C)cc2[cH-]1.Cl.Cl.[CH3-].[CH3-].[Si]=[Zr]. The summed E-state index contributed by atoms with van der Waals surface area (Å²) < 4.78 is 0. The summed E-state index contributed by atoms with van der Waals surface area (Å²) in [5, 5.41) is 5.45. The zero-order valence-corrected chi connectivity index (χ0v) is 34.3. The van der Waals surface area contributed by atoms with Crippen molar-refractivity contribution < 1.29 is 23.3 Å². The van der Waals surface area contributed by atoms with E-state index in [0.717, 1.165) is 0 Å². The molecule has 46 heavy (non-hydrogen) atoms. The average molecular weight is 745 g/mol. The van der Waals surface area contributed by atoms with Gasteiger partial charge < -0.3 is 14.9 Å². The van der Waals surface area contributed by atoms with Gasteiger partial charge in [0.05, 0.1) is 0 Å². The Bertz CT molecular complexity index is 1790. The van der Waals surface area contributed by atoms with Crippen molar-refractivity contribution in [3.63, 3.8) is 0 Å². The second kappa shape index (κ2) is 18.9. The minimum absolute atomic E-state index is 0. The number of benzene rings is 4. The predicted molar refractivity (Wildman–Crippen MR) is 210 cm³/mol. The molecule has 0 aliphatic heterocycles. The molecule has 244 valence electrons. The molecule has 6 rings (SSSR count). The molecule has 0 amide bonds. The fourth-order valence-electron chi connectivity index (χ4n) is 5.72. The molecule has 4 heteroatoms. The zero-order chi connectivity index (χ0) is 30.6. The van der Waals surface area contributed by atoms with E-state index in [1.54, 1.807) is 0 Å². The van der Waals surface area contributed by atoms with E-state index >= 15 is 0 Å². The Kier molecular flexibility index (Phi) is 18.0. The van der Waals surface area contributed by atoms with Gasteiger partial charge >= 0.3 is 30.2 Å². The van der Waals surface area contributed by atoms with E-state index < -0.39 is 0 Å². The van der Waals surface area contributed by atoms with Crippen molar-refractivity contribution in [2.24, 2.45) is 0 Å². The number of hydrogen-bond acceptors (Lipinski definition) is 0. The van der Waals surface area contributed by atoms with Crippen molar-refractivity contribution in [1.29, 1.82) is 0 Å². The van der Waals surface area contributed by atoms with Crippen LogP contribution in [0.5, 0.6) is 0 Å². The third-order valence-corrected chi connectivity index (χ3v) is 8.24. The molecule has 0 heterocycles. The minimum atomic E-state index is 0. The van der Waals surface area contributed by atoms with Gasteiger partial charge in [0, 0.05) is 0 Å². The molecular formula is C42H50Cl2SiZr-4. The molecule has 0 spiro atoms. The molecule has 0 bridgehead atoms. The number of rotatable bonds is 3. The van der Waals surface area contributed by atoms with Gasteiger partial charge in [0.2, 0.25) is 0 Å². The van der Waals surface area contributed by atoms with Crippen LogP contribution in [0.25, 0.3) is 43.8 Å². The third-order valence-electron chi connectivity index (χ3n) is 8.24.